The maximum atomic E-state index is 11.4. The van der Waals surface area contributed by atoms with Gasteiger partial charge in [-0.3, -0.25) is 10.1 Å². The zero-order valence-corrected chi connectivity index (χ0v) is 10.7. The number of fused-ring (bicyclic) bond motifs is 1. The van der Waals surface area contributed by atoms with Crippen molar-refractivity contribution in [3.8, 4) is 11.5 Å². The molecule has 1 heterocycles. The molecule has 2 rings (SSSR count). The van der Waals surface area contributed by atoms with Gasteiger partial charge in [0.15, 0.2) is 11.5 Å². The van der Waals surface area contributed by atoms with Gasteiger partial charge in [0.1, 0.15) is 6.04 Å². The highest BCUT2D eigenvalue weighted by molar-refractivity contribution is 9.10. The van der Waals surface area contributed by atoms with E-state index in [1.54, 1.807) is 0 Å². The maximum Gasteiger partial charge on any atom is 0.323 e. The quantitative estimate of drug-likeness (QED) is 0.534. The van der Waals surface area contributed by atoms with Crippen LogP contribution in [0.2, 0.25) is 0 Å². The second-order valence-corrected chi connectivity index (χ2v) is 4.70. The standard InChI is InChI=1S/C11H12BrNO4/c1-17-11(16)8-2-5-6(4-13-8)10(15)9(14)3-7(5)12/h3,8,13-15H,2,4H2,1H3. The Morgan fingerprint density at radius 1 is 1.53 bits per heavy atom. The summed E-state index contributed by atoms with van der Waals surface area (Å²) in [6.07, 6.45) is 0.413. The van der Waals surface area contributed by atoms with Crippen molar-refractivity contribution in [2.75, 3.05) is 7.11 Å². The summed E-state index contributed by atoms with van der Waals surface area (Å²) in [5.74, 6) is -0.650. The number of ether oxygens (including phenoxy) is 1. The summed E-state index contributed by atoms with van der Waals surface area (Å²) in [7, 11) is 1.34. The Bertz CT molecular complexity index is 475. The molecule has 0 aromatic heterocycles. The molecule has 0 fully saturated rings. The van der Waals surface area contributed by atoms with Crippen LogP contribution in [-0.4, -0.2) is 29.3 Å². The first kappa shape index (κ1) is 12.2. The average Bonchev–Trinajstić information content (AvgIpc) is 2.34. The van der Waals surface area contributed by atoms with Gasteiger partial charge in [-0.1, -0.05) is 15.9 Å². The van der Waals surface area contributed by atoms with Crippen molar-refractivity contribution in [2.24, 2.45) is 0 Å². The first-order valence-electron chi connectivity index (χ1n) is 5.08. The molecule has 0 spiro atoms. The SMILES string of the molecule is COC(=O)C1Cc2c(Br)cc(O)c(O)c2CN1. The fraction of sp³-hybridized carbons (Fsp3) is 0.364. The Kier molecular flexibility index (Phi) is 3.26. The Hall–Kier alpha value is -1.27. The smallest absolute Gasteiger partial charge is 0.323 e. The zero-order valence-electron chi connectivity index (χ0n) is 9.16. The third-order valence-electron chi connectivity index (χ3n) is 2.86. The number of carbonyl (C=O) groups excluding carboxylic acids is 1. The molecule has 1 atom stereocenters. The number of phenolic OH excluding ortho intramolecular Hbond substituents is 2. The zero-order chi connectivity index (χ0) is 12.6. The second-order valence-electron chi connectivity index (χ2n) is 3.84. The summed E-state index contributed by atoms with van der Waals surface area (Å²) >= 11 is 3.31. The van der Waals surface area contributed by atoms with Gasteiger partial charge >= 0.3 is 5.97 Å². The van der Waals surface area contributed by atoms with Gasteiger partial charge < -0.3 is 14.9 Å². The van der Waals surface area contributed by atoms with Gasteiger partial charge in [0, 0.05) is 23.0 Å². The Morgan fingerprint density at radius 3 is 2.88 bits per heavy atom. The third kappa shape index (κ3) is 2.10. The van der Waals surface area contributed by atoms with E-state index in [4.69, 9.17) is 0 Å². The number of hydrogen-bond acceptors (Lipinski definition) is 5. The lowest BCUT2D eigenvalue weighted by Crippen LogP contribution is -2.42. The van der Waals surface area contributed by atoms with E-state index in [1.165, 1.54) is 13.2 Å². The molecule has 0 amide bonds. The van der Waals surface area contributed by atoms with Crippen LogP contribution < -0.4 is 5.32 Å². The van der Waals surface area contributed by atoms with Gasteiger partial charge in [0.2, 0.25) is 0 Å². The lowest BCUT2D eigenvalue weighted by atomic mass is 9.94. The number of halogens is 1. The molecule has 1 aliphatic heterocycles. The van der Waals surface area contributed by atoms with Crippen LogP contribution in [-0.2, 0) is 22.5 Å². The number of benzene rings is 1. The number of phenols is 2. The van der Waals surface area contributed by atoms with Crippen LogP contribution in [0.15, 0.2) is 10.5 Å². The summed E-state index contributed by atoms with van der Waals surface area (Å²) in [5.41, 5.74) is 1.42. The Morgan fingerprint density at radius 2 is 2.24 bits per heavy atom. The molecule has 0 saturated heterocycles. The van der Waals surface area contributed by atoms with Crippen molar-refractivity contribution in [3.63, 3.8) is 0 Å². The predicted octanol–water partition coefficient (Wildman–Crippen LogP) is 1.05. The number of nitrogens with one attached hydrogen (secondary N) is 1. The summed E-state index contributed by atoms with van der Waals surface area (Å²) in [6.45, 7) is 0.313. The van der Waals surface area contributed by atoms with E-state index in [2.05, 4.69) is 26.0 Å². The molecule has 0 saturated carbocycles. The van der Waals surface area contributed by atoms with E-state index in [0.29, 0.717) is 23.0 Å². The first-order chi connectivity index (χ1) is 8.04. The van der Waals surface area contributed by atoms with Crippen LogP contribution >= 0.6 is 15.9 Å². The van der Waals surface area contributed by atoms with Crippen LogP contribution in [0.1, 0.15) is 11.1 Å². The molecular weight excluding hydrogens is 290 g/mol. The summed E-state index contributed by atoms with van der Waals surface area (Å²) in [5, 5.41) is 22.2. The van der Waals surface area contributed by atoms with E-state index in [9.17, 15) is 15.0 Å². The summed E-state index contributed by atoms with van der Waals surface area (Å²) in [4.78, 5) is 11.4. The van der Waals surface area contributed by atoms with Crippen LogP contribution in [0.4, 0.5) is 0 Å². The van der Waals surface area contributed by atoms with Crippen molar-refractivity contribution < 1.29 is 19.7 Å². The highest BCUT2D eigenvalue weighted by Gasteiger charge is 2.28. The predicted molar refractivity (Wildman–Crippen MR) is 63.8 cm³/mol. The fourth-order valence-corrected chi connectivity index (χ4v) is 2.56. The highest BCUT2D eigenvalue weighted by Crippen LogP contribution is 2.38. The molecule has 92 valence electrons. The van der Waals surface area contributed by atoms with E-state index < -0.39 is 6.04 Å². The monoisotopic (exact) mass is 301 g/mol. The number of carbonyl (C=O) groups is 1. The first-order valence-corrected chi connectivity index (χ1v) is 5.87. The number of aromatic hydroxyl groups is 2. The fourth-order valence-electron chi connectivity index (χ4n) is 1.94. The van der Waals surface area contributed by atoms with Crippen molar-refractivity contribution in [3.05, 3.63) is 21.7 Å². The molecule has 0 radical (unpaired) electrons. The third-order valence-corrected chi connectivity index (χ3v) is 3.57. The van der Waals surface area contributed by atoms with Gasteiger partial charge in [-0.2, -0.15) is 0 Å². The normalized spacial score (nSPS) is 18.6. The average molecular weight is 302 g/mol. The molecule has 1 unspecified atom stereocenters. The van der Waals surface area contributed by atoms with Gasteiger partial charge in [0.25, 0.3) is 0 Å². The minimum Gasteiger partial charge on any atom is -0.504 e. The number of methoxy groups -OCH3 is 1. The van der Waals surface area contributed by atoms with Crippen LogP contribution in [0.25, 0.3) is 0 Å². The van der Waals surface area contributed by atoms with E-state index in [1.807, 2.05) is 0 Å². The minimum atomic E-state index is -0.423. The van der Waals surface area contributed by atoms with Gasteiger partial charge in [0.05, 0.1) is 7.11 Å². The summed E-state index contributed by atoms with van der Waals surface area (Å²) < 4.78 is 5.35. The topological polar surface area (TPSA) is 78.8 Å². The molecule has 1 aliphatic rings. The Labute approximate surface area is 107 Å². The van der Waals surface area contributed by atoms with Gasteiger partial charge in [-0.05, 0) is 11.6 Å². The van der Waals surface area contributed by atoms with Gasteiger partial charge in [-0.25, -0.2) is 0 Å². The van der Waals surface area contributed by atoms with Crippen LogP contribution in [0, 0.1) is 0 Å². The largest absolute Gasteiger partial charge is 0.504 e. The number of hydrogen-bond donors (Lipinski definition) is 3. The van der Waals surface area contributed by atoms with Gasteiger partial charge in [-0.15, -0.1) is 0 Å². The minimum absolute atomic E-state index is 0.140. The van der Waals surface area contributed by atoms with Crippen molar-refractivity contribution in [1.82, 2.24) is 5.32 Å². The molecule has 5 nitrogen and oxygen atoms in total. The molecule has 6 heteroatoms. The highest BCUT2D eigenvalue weighted by atomic mass is 79.9. The Balaban J connectivity index is 2.39. The number of rotatable bonds is 1. The van der Waals surface area contributed by atoms with Crippen molar-refractivity contribution in [2.45, 2.75) is 19.0 Å². The van der Waals surface area contributed by atoms with E-state index in [0.717, 1.165) is 5.56 Å². The lowest BCUT2D eigenvalue weighted by molar-refractivity contribution is -0.143. The summed E-state index contributed by atoms with van der Waals surface area (Å²) in [6, 6.07) is 1.00. The molecule has 0 aliphatic carbocycles. The number of esters is 1. The lowest BCUT2D eigenvalue weighted by Gasteiger charge is -2.26. The molecule has 1 aromatic rings. The van der Waals surface area contributed by atoms with Crippen molar-refractivity contribution in [1.29, 1.82) is 0 Å². The van der Waals surface area contributed by atoms with Crippen molar-refractivity contribution >= 4 is 21.9 Å². The molecule has 17 heavy (non-hydrogen) atoms. The van der Waals surface area contributed by atoms with E-state index in [-0.39, 0.29) is 17.5 Å². The second kappa shape index (κ2) is 4.54. The van der Waals surface area contributed by atoms with Crippen LogP contribution in [0.5, 0.6) is 11.5 Å². The van der Waals surface area contributed by atoms with E-state index >= 15 is 0 Å². The molecule has 1 aromatic carbocycles. The maximum absolute atomic E-state index is 11.4. The molecule has 3 N–H and O–H groups in total. The van der Waals surface area contributed by atoms with Crippen LogP contribution in [0.3, 0.4) is 0 Å². The molecular formula is C11H12BrNO4. The molecule has 0 bridgehead atoms.